The normalized spacial score (nSPS) is 20.5. The van der Waals surface area contributed by atoms with E-state index in [9.17, 15) is 31.2 Å². The van der Waals surface area contributed by atoms with E-state index in [0.29, 0.717) is 16.9 Å². The van der Waals surface area contributed by atoms with E-state index in [1.807, 2.05) is 0 Å². The summed E-state index contributed by atoms with van der Waals surface area (Å²) in [4.78, 5) is 24.9. The largest absolute Gasteiger partial charge is 0.435 e. The fourth-order valence-electron chi connectivity index (χ4n) is 2.38. The molecule has 0 radical (unpaired) electrons. The molecular weight excluding hydrogens is 425 g/mol. The van der Waals surface area contributed by atoms with Gasteiger partial charge in [-0.3, -0.25) is 9.69 Å². The summed E-state index contributed by atoms with van der Waals surface area (Å²) in [7, 11) is -4.98. The van der Waals surface area contributed by atoms with Crippen LogP contribution in [0.1, 0.15) is 5.56 Å². The molecular formula is C13H11F3N6O4S2. The van der Waals surface area contributed by atoms with Crippen LogP contribution in [0.3, 0.4) is 0 Å². The Bertz CT molecular complexity index is 1030. The van der Waals surface area contributed by atoms with Crippen LogP contribution in [0.2, 0.25) is 0 Å². The summed E-state index contributed by atoms with van der Waals surface area (Å²) in [6.45, 7) is -0.489. The number of nitrogens with one attached hydrogen (secondary N) is 2. The van der Waals surface area contributed by atoms with E-state index in [1.165, 1.54) is 22.2 Å². The van der Waals surface area contributed by atoms with Crippen molar-refractivity contribution < 1.29 is 31.2 Å². The topological polar surface area (TPSA) is 147 Å². The number of imide groups is 1. The Hall–Kier alpha value is -2.78. The van der Waals surface area contributed by atoms with Gasteiger partial charge in [-0.2, -0.15) is 17.9 Å². The second-order valence-electron chi connectivity index (χ2n) is 5.57. The number of carbonyl (C=O) groups excluding carboxylic acids is 2. The number of hydrogen-bond donors (Lipinski definition) is 3. The third-order valence-corrected chi connectivity index (χ3v) is 6.23. The molecule has 1 aromatic heterocycles. The van der Waals surface area contributed by atoms with Crippen LogP contribution in [-0.4, -0.2) is 47.3 Å². The van der Waals surface area contributed by atoms with Gasteiger partial charge in [-0.25, -0.2) is 13.2 Å². The minimum Gasteiger partial charge on any atom is -0.374 e. The van der Waals surface area contributed by atoms with Crippen LogP contribution in [0, 0.1) is 0 Å². The first-order chi connectivity index (χ1) is 13.0. The molecule has 0 bridgehead atoms. The van der Waals surface area contributed by atoms with E-state index in [1.54, 1.807) is 18.2 Å². The Morgan fingerprint density at radius 1 is 1.21 bits per heavy atom. The number of hydrogen-bond acceptors (Lipinski definition) is 8. The summed E-state index contributed by atoms with van der Waals surface area (Å²) in [5.74, 6) is -1.82. The SMILES string of the molecule is Nc1nnc(S(=O)(=O)NC2(C(F)(F)F)NC(=O)N(Cc3ccccc3)C2=O)s1. The number of aromatic nitrogens is 2. The molecule has 1 fully saturated rings. The van der Waals surface area contributed by atoms with E-state index in [4.69, 9.17) is 5.73 Å². The maximum Gasteiger partial charge on any atom is 0.435 e. The van der Waals surface area contributed by atoms with Crippen molar-refractivity contribution in [1.29, 1.82) is 0 Å². The summed E-state index contributed by atoms with van der Waals surface area (Å²) in [5, 5.41) is 7.47. The summed E-state index contributed by atoms with van der Waals surface area (Å²) in [6, 6.07) is 6.33. The molecule has 1 atom stereocenters. The number of nitrogens with zero attached hydrogens (tertiary/aromatic N) is 3. The highest BCUT2D eigenvalue weighted by Gasteiger charge is 2.69. The molecule has 0 aliphatic carbocycles. The number of nitrogen functional groups attached to an aromatic ring is 1. The summed E-state index contributed by atoms with van der Waals surface area (Å²) in [6.07, 6.45) is -5.49. The molecule has 1 aromatic carbocycles. The molecule has 150 valence electrons. The number of urea groups is 1. The smallest absolute Gasteiger partial charge is 0.374 e. The average molecular weight is 436 g/mol. The van der Waals surface area contributed by atoms with Gasteiger partial charge in [0.2, 0.25) is 9.47 Å². The van der Waals surface area contributed by atoms with Crippen molar-refractivity contribution in [3.63, 3.8) is 0 Å². The van der Waals surface area contributed by atoms with E-state index in [0.717, 1.165) is 0 Å². The predicted octanol–water partition coefficient (Wildman–Crippen LogP) is 0.409. The molecule has 3 amide bonds. The zero-order valence-electron chi connectivity index (χ0n) is 13.6. The molecule has 0 spiro atoms. The lowest BCUT2D eigenvalue weighted by Gasteiger charge is -2.29. The third kappa shape index (κ3) is 3.38. The number of benzene rings is 1. The van der Waals surface area contributed by atoms with Gasteiger partial charge in [0.1, 0.15) is 0 Å². The van der Waals surface area contributed by atoms with Crippen LogP contribution in [0.25, 0.3) is 0 Å². The Morgan fingerprint density at radius 3 is 2.39 bits per heavy atom. The maximum absolute atomic E-state index is 13.8. The van der Waals surface area contributed by atoms with E-state index in [-0.39, 0.29) is 10.0 Å². The van der Waals surface area contributed by atoms with Gasteiger partial charge in [0, 0.05) is 0 Å². The predicted molar refractivity (Wildman–Crippen MR) is 89.0 cm³/mol. The van der Waals surface area contributed by atoms with Crippen LogP contribution in [-0.2, 0) is 21.4 Å². The van der Waals surface area contributed by atoms with Gasteiger partial charge in [-0.05, 0) is 5.56 Å². The third-order valence-electron chi connectivity index (χ3n) is 3.65. The highest BCUT2D eigenvalue weighted by molar-refractivity contribution is 7.91. The van der Waals surface area contributed by atoms with Crippen LogP contribution in [0.4, 0.5) is 23.1 Å². The van der Waals surface area contributed by atoms with Crippen LogP contribution >= 0.6 is 11.3 Å². The first kappa shape index (κ1) is 20.0. The van der Waals surface area contributed by atoms with Crippen molar-refractivity contribution in [2.75, 3.05) is 5.73 Å². The molecule has 3 rings (SSSR count). The van der Waals surface area contributed by atoms with Gasteiger partial charge in [0.15, 0.2) is 0 Å². The highest BCUT2D eigenvalue weighted by Crippen LogP contribution is 2.36. The highest BCUT2D eigenvalue weighted by atomic mass is 32.2. The number of sulfonamides is 1. The fourth-order valence-corrected chi connectivity index (χ4v) is 4.43. The lowest BCUT2D eigenvalue weighted by atomic mass is 10.1. The number of rotatable bonds is 5. The molecule has 1 aliphatic heterocycles. The monoisotopic (exact) mass is 436 g/mol. The Labute approximate surface area is 159 Å². The Morgan fingerprint density at radius 2 is 1.86 bits per heavy atom. The minimum absolute atomic E-state index is 0.264. The Kier molecular flexibility index (Phi) is 4.76. The quantitative estimate of drug-likeness (QED) is 0.575. The van der Waals surface area contributed by atoms with Crippen molar-refractivity contribution in [3.05, 3.63) is 35.9 Å². The van der Waals surface area contributed by atoms with E-state index >= 15 is 0 Å². The zero-order valence-corrected chi connectivity index (χ0v) is 15.2. The van der Waals surface area contributed by atoms with Crippen molar-refractivity contribution in [3.8, 4) is 0 Å². The molecule has 10 nitrogen and oxygen atoms in total. The molecule has 4 N–H and O–H groups in total. The molecule has 2 heterocycles. The van der Waals surface area contributed by atoms with Gasteiger partial charge in [-0.15, -0.1) is 10.2 Å². The molecule has 0 saturated carbocycles. The number of amides is 3. The molecule has 15 heteroatoms. The van der Waals surface area contributed by atoms with Gasteiger partial charge in [-0.1, -0.05) is 41.7 Å². The maximum atomic E-state index is 13.8. The molecule has 1 unspecified atom stereocenters. The summed E-state index contributed by atoms with van der Waals surface area (Å²) < 4.78 is 66.2. The second-order valence-corrected chi connectivity index (χ2v) is 8.43. The number of carbonyl (C=O) groups is 2. The van der Waals surface area contributed by atoms with Crippen molar-refractivity contribution in [2.45, 2.75) is 22.7 Å². The van der Waals surface area contributed by atoms with Crippen molar-refractivity contribution in [1.82, 2.24) is 25.1 Å². The van der Waals surface area contributed by atoms with Gasteiger partial charge in [0.25, 0.3) is 21.6 Å². The standard InChI is InChI=1S/C13H11F3N6O4S2/c14-13(15,16)12(21-28(25,26)11-20-19-9(17)27-11)8(23)22(10(24)18-12)6-7-4-2-1-3-5-7/h1-5,21H,6H2,(H2,17,19)(H,18,24). The minimum atomic E-state index is -5.49. The number of alkyl halides is 3. The van der Waals surface area contributed by atoms with Crippen molar-refractivity contribution in [2.24, 2.45) is 0 Å². The summed E-state index contributed by atoms with van der Waals surface area (Å²) in [5.41, 5.74) is 1.72. The zero-order chi connectivity index (χ0) is 20.7. The van der Waals surface area contributed by atoms with E-state index in [2.05, 4.69) is 10.2 Å². The lowest BCUT2D eigenvalue weighted by molar-refractivity contribution is -0.198. The number of halogens is 3. The Balaban J connectivity index is 1.98. The van der Waals surface area contributed by atoms with Gasteiger partial charge >= 0.3 is 12.2 Å². The lowest BCUT2D eigenvalue weighted by Crippen LogP contribution is -2.69. The van der Waals surface area contributed by atoms with Crippen LogP contribution < -0.4 is 15.8 Å². The first-order valence-corrected chi connectivity index (χ1v) is 9.64. The molecule has 1 saturated heterocycles. The van der Waals surface area contributed by atoms with Gasteiger partial charge in [0.05, 0.1) is 6.54 Å². The fraction of sp³-hybridized carbons (Fsp3) is 0.231. The van der Waals surface area contributed by atoms with Crippen LogP contribution in [0.15, 0.2) is 34.7 Å². The number of nitrogens with two attached hydrogens (primary N) is 1. The second kappa shape index (κ2) is 6.68. The molecule has 28 heavy (non-hydrogen) atoms. The average Bonchev–Trinajstić information content (AvgIpc) is 3.14. The van der Waals surface area contributed by atoms with E-state index < -0.39 is 44.7 Å². The number of anilines is 1. The summed E-state index contributed by atoms with van der Waals surface area (Å²) >= 11 is 0.293. The van der Waals surface area contributed by atoms with Gasteiger partial charge < -0.3 is 11.1 Å². The molecule has 1 aliphatic rings. The van der Waals surface area contributed by atoms with Crippen molar-refractivity contribution >= 4 is 38.4 Å². The first-order valence-electron chi connectivity index (χ1n) is 7.34. The molecule has 2 aromatic rings. The van der Waals surface area contributed by atoms with Crippen LogP contribution in [0.5, 0.6) is 0 Å².